The molecule has 0 radical (unpaired) electrons. The lowest BCUT2D eigenvalue weighted by molar-refractivity contribution is 0.187. The molecule has 1 aromatic heterocycles. The van der Waals surface area contributed by atoms with Crippen LogP contribution in [0.5, 0.6) is 0 Å². The van der Waals surface area contributed by atoms with Crippen molar-refractivity contribution in [3.8, 4) is 0 Å². The first kappa shape index (κ1) is 15.3. The lowest BCUT2D eigenvalue weighted by atomic mass is 10.3. The van der Waals surface area contributed by atoms with Gasteiger partial charge in [0.25, 0.3) is 0 Å². The van der Waals surface area contributed by atoms with Gasteiger partial charge in [-0.3, -0.25) is 0 Å². The van der Waals surface area contributed by atoms with Crippen LogP contribution in [0.25, 0.3) is 11.1 Å². The third-order valence-corrected chi connectivity index (χ3v) is 3.18. The summed E-state index contributed by atoms with van der Waals surface area (Å²) in [5, 5.41) is 11.9. The molecule has 0 fully saturated rings. The molecule has 0 saturated heterocycles. The number of rotatable bonds is 6. The Kier molecular flexibility index (Phi) is 5.16. The number of aliphatic hydroxyl groups is 1. The molecule has 2 aromatic rings. The Morgan fingerprint density at radius 3 is 2.95 bits per heavy atom. The molecule has 0 aliphatic carbocycles. The van der Waals surface area contributed by atoms with Crippen molar-refractivity contribution in [3.05, 3.63) is 24.1 Å². The molecule has 21 heavy (non-hydrogen) atoms. The molecule has 6 heteroatoms. The van der Waals surface area contributed by atoms with Gasteiger partial charge in [-0.05, 0) is 24.6 Å². The van der Waals surface area contributed by atoms with Crippen molar-refractivity contribution in [2.45, 2.75) is 26.7 Å². The topological polar surface area (TPSA) is 78.6 Å². The molecule has 0 spiro atoms. The minimum Gasteiger partial charge on any atom is -0.441 e. The van der Waals surface area contributed by atoms with Crippen LogP contribution in [0, 0.1) is 6.92 Å². The molecular weight excluding hydrogens is 270 g/mol. The number of aryl methyl sites for hydroxylation is 1. The number of hydrogen-bond acceptors (Lipinski definition) is 4. The number of carbonyl (C=O) groups excluding carboxylic acids is 1. The second kappa shape index (κ2) is 7.08. The van der Waals surface area contributed by atoms with Gasteiger partial charge in [-0.15, -0.1) is 0 Å². The van der Waals surface area contributed by atoms with Crippen LogP contribution in [0.3, 0.4) is 0 Å². The third kappa shape index (κ3) is 3.95. The zero-order valence-corrected chi connectivity index (χ0v) is 12.4. The summed E-state index contributed by atoms with van der Waals surface area (Å²) in [5.41, 5.74) is 2.08. The van der Waals surface area contributed by atoms with Gasteiger partial charge in [-0.1, -0.05) is 13.3 Å². The fraction of sp³-hybridized carbons (Fsp3) is 0.467. The molecule has 0 saturated carbocycles. The quantitative estimate of drug-likeness (QED) is 0.857. The molecule has 0 unspecified atom stereocenters. The molecule has 1 aromatic carbocycles. The van der Waals surface area contributed by atoms with Crippen LogP contribution in [0.1, 0.15) is 25.7 Å². The first-order chi connectivity index (χ1) is 10.1. The van der Waals surface area contributed by atoms with Gasteiger partial charge in [-0.2, -0.15) is 0 Å². The van der Waals surface area contributed by atoms with E-state index >= 15 is 0 Å². The summed E-state index contributed by atoms with van der Waals surface area (Å²) >= 11 is 0. The van der Waals surface area contributed by atoms with Crippen LogP contribution in [-0.4, -0.2) is 40.7 Å². The van der Waals surface area contributed by atoms with Gasteiger partial charge < -0.3 is 19.7 Å². The van der Waals surface area contributed by atoms with Crippen LogP contribution < -0.4 is 5.32 Å². The Bertz CT molecular complexity index is 609. The smallest absolute Gasteiger partial charge is 0.321 e. The van der Waals surface area contributed by atoms with E-state index in [4.69, 9.17) is 9.52 Å². The Labute approximate surface area is 123 Å². The lowest BCUT2D eigenvalue weighted by Crippen LogP contribution is -2.37. The minimum absolute atomic E-state index is 0.0430. The first-order valence-corrected chi connectivity index (χ1v) is 7.18. The van der Waals surface area contributed by atoms with Gasteiger partial charge in [0, 0.05) is 25.7 Å². The molecule has 0 aliphatic rings. The molecule has 2 N–H and O–H groups in total. The highest BCUT2D eigenvalue weighted by Gasteiger charge is 2.13. The summed E-state index contributed by atoms with van der Waals surface area (Å²) in [6.45, 7) is 4.77. The Hall–Kier alpha value is -2.08. The SMILES string of the molecule is CCCCN(CCO)C(=O)Nc1ccc2oc(C)nc2c1. The van der Waals surface area contributed by atoms with Crippen molar-refractivity contribution in [2.24, 2.45) is 0 Å². The summed E-state index contributed by atoms with van der Waals surface area (Å²) in [5.74, 6) is 0.596. The van der Waals surface area contributed by atoms with E-state index in [-0.39, 0.29) is 12.6 Å². The largest absolute Gasteiger partial charge is 0.441 e. The summed E-state index contributed by atoms with van der Waals surface area (Å²) in [6.07, 6.45) is 1.91. The minimum atomic E-state index is -0.211. The van der Waals surface area contributed by atoms with Gasteiger partial charge in [-0.25, -0.2) is 9.78 Å². The van der Waals surface area contributed by atoms with Crippen LogP contribution in [0.4, 0.5) is 10.5 Å². The molecule has 2 rings (SSSR count). The highest BCUT2D eigenvalue weighted by molar-refractivity contribution is 5.91. The molecular formula is C15H21N3O3. The zero-order valence-electron chi connectivity index (χ0n) is 12.4. The number of anilines is 1. The molecule has 0 aliphatic heterocycles. The number of nitrogens with zero attached hydrogens (tertiary/aromatic N) is 2. The van der Waals surface area contributed by atoms with E-state index in [1.807, 2.05) is 0 Å². The van der Waals surface area contributed by atoms with E-state index in [9.17, 15) is 4.79 Å². The van der Waals surface area contributed by atoms with E-state index < -0.39 is 0 Å². The Morgan fingerprint density at radius 2 is 2.24 bits per heavy atom. The molecule has 0 atom stereocenters. The van der Waals surface area contributed by atoms with Gasteiger partial charge in [0.1, 0.15) is 5.52 Å². The Morgan fingerprint density at radius 1 is 1.43 bits per heavy atom. The fourth-order valence-corrected chi connectivity index (χ4v) is 2.11. The number of aliphatic hydroxyl groups excluding tert-OH is 1. The second-order valence-corrected chi connectivity index (χ2v) is 4.91. The van der Waals surface area contributed by atoms with E-state index in [0.717, 1.165) is 12.8 Å². The second-order valence-electron chi connectivity index (χ2n) is 4.91. The maximum atomic E-state index is 12.2. The van der Waals surface area contributed by atoms with Crippen molar-refractivity contribution in [1.82, 2.24) is 9.88 Å². The van der Waals surface area contributed by atoms with Gasteiger partial charge in [0.15, 0.2) is 11.5 Å². The van der Waals surface area contributed by atoms with Crippen LogP contribution >= 0.6 is 0 Å². The van der Waals surface area contributed by atoms with E-state index in [2.05, 4.69) is 17.2 Å². The summed E-state index contributed by atoms with van der Waals surface area (Å²) in [4.78, 5) is 18.1. The van der Waals surface area contributed by atoms with E-state index in [0.29, 0.717) is 35.8 Å². The number of unbranched alkanes of at least 4 members (excludes halogenated alkanes) is 1. The molecule has 6 nitrogen and oxygen atoms in total. The van der Waals surface area contributed by atoms with Crippen molar-refractivity contribution in [2.75, 3.05) is 25.0 Å². The maximum absolute atomic E-state index is 12.2. The Balaban J connectivity index is 2.07. The van der Waals surface area contributed by atoms with Crippen molar-refractivity contribution < 1.29 is 14.3 Å². The molecule has 1 heterocycles. The third-order valence-electron chi connectivity index (χ3n) is 3.18. The van der Waals surface area contributed by atoms with E-state index in [1.54, 1.807) is 30.0 Å². The van der Waals surface area contributed by atoms with Crippen LogP contribution in [0.15, 0.2) is 22.6 Å². The van der Waals surface area contributed by atoms with Crippen LogP contribution in [-0.2, 0) is 0 Å². The number of hydrogen-bond donors (Lipinski definition) is 2. The number of fused-ring (bicyclic) bond motifs is 1. The highest BCUT2D eigenvalue weighted by Crippen LogP contribution is 2.20. The highest BCUT2D eigenvalue weighted by atomic mass is 16.3. The number of carbonyl (C=O) groups is 1. The summed E-state index contributed by atoms with van der Waals surface area (Å²) in [7, 11) is 0. The average molecular weight is 291 g/mol. The number of urea groups is 1. The monoisotopic (exact) mass is 291 g/mol. The number of amides is 2. The fourth-order valence-electron chi connectivity index (χ4n) is 2.11. The molecule has 2 amide bonds. The van der Waals surface area contributed by atoms with Gasteiger partial charge >= 0.3 is 6.03 Å². The standard InChI is InChI=1S/C15H21N3O3/c1-3-4-7-18(8-9-19)15(20)17-12-5-6-14-13(10-12)16-11(2)21-14/h5-6,10,19H,3-4,7-9H2,1-2H3,(H,17,20). The number of aromatic nitrogens is 1. The van der Waals surface area contributed by atoms with Crippen molar-refractivity contribution in [3.63, 3.8) is 0 Å². The zero-order chi connectivity index (χ0) is 15.2. The van der Waals surface area contributed by atoms with Gasteiger partial charge in [0.2, 0.25) is 0 Å². The summed E-state index contributed by atoms with van der Waals surface area (Å²) < 4.78 is 5.40. The average Bonchev–Trinajstić information content (AvgIpc) is 2.82. The lowest BCUT2D eigenvalue weighted by Gasteiger charge is -2.21. The van der Waals surface area contributed by atoms with E-state index in [1.165, 1.54) is 0 Å². The predicted molar refractivity (Wildman–Crippen MR) is 81.3 cm³/mol. The molecule has 114 valence electrons. The number of benzene rings is 1. The van der Waals surface area contributed by atoms with Crippen molar-refractivity contribution in [1.29, 1.82) is 0 Å². The summed E-state index contributed by atoms with van der Waals surface area (Å²) in [6, 6.07) is 5.13. The molecule has 0 bridgehead atoms. The van der Waals surface area contributed by atoms with Crippen LogP contribution in [0.2, 0.25) is 0 Å². The van der Waals surface area contributed by atoms with Crippen molar-refractivity contribution >= 4 is 22.8 Å². The predicted octanol–water partition coefficient (Wildman–Crippen LogP) is 2.76. The number of oxazole rings is 1. The normalized spacial score (nSPS) is 10.8. The number of nitrogens with one attached hydrogen (secondary N) is 1. The van der Waals surface area contributed by atoms with Gasteiger partial charge in [0.05, 0.1) is 6.61 Å². The first-order valence-electron chi connectivity index (χ1n) is 7.18. The maximum Gasteiger partial charge on any atom is 0.321 e.